The minimum atomic E-state index is -4.35. The van der Waals surface area contributed by atoms with Crippen LogP contribution in [-0.2, 0) is 12.7 Å². The van der Waals surface area contributed by atoms with Crippen LogP contribution in [0.5, 0.6) is 0 Å². The third-order valence-electron chi connectivity index (χ3n) is 3.80. The predicted molar refractivity (Wildman–Crippen MR) is 85.2 cm³/mol. The average molecular weight is 318 g/mol. The van der Waals surface area contributed by atoms with Gasteiger partial charge in [0.05, 0.1) is 16.6 Å². The molecule has 3 aromatic rings. The fourth-order valence-electron chi connectivity index (χ4n) is 2.76. The molecule has 0 radical (unpaired) electrons. The smallest absolute Gasteiger partial charge is 0.324 e. The summed E-state index contributed by atoms with van der Waals surface area (Å²) in [6, 6.07) is 11.6. The summed E-state index contributed by atoms with van der Waals surface area (Å²) in [4.78, 5) is 4.48. The van der Waals surface area contributed by atoms with Gasteiger partial charge in [-0.3, -0.25) is 0 Å². The molecule has 0 atom stereocenters. The summed E-state index contributed by atoms with van der Waals surface area (Å²) in [6.45, 7) is 4.74. The lowest BCUT2D eigenvalue weighted by Gasteiger charge is -2.09. The van der Waals surface area contributed by atoms with Gasteiger partial charge >= 0.3 is 6.18 Å². The molecule has 0 saturated heterocycles. The number of halogens is 3. The molecule has 0 aliphatic heterocycles. The van der Waals surface area contributed by atoms with Crippen molar-refractivity contribution in [1.29, 1.82) is 0 Å². The molecule has 2 aromatic carbocycles. The molecule has 0 aliphatic rings. The van der Waals surface area contributed by atoms with Gasteiger partial charge in [-0.2, -0.15) is 13.2 Å². The van der Waals surface area contributed by atoms with Crippen LogP contribution in [0.2, 0.25) is 0 Å². The molecule has 120 valence electrons. The van der Waals surface area contributed by atoms with E-state index in [2.05, 4.69) is 4.98 Å². The summed E-state index contributed by atoms with van der Waals surface area (Å²) in [6.07, 6.45) is -3.47. The van der Waals surface area contributed by atoms with E-state index < -0.39 is 11.7 Å². The molecule has 0 aliphatic carbocycles. The average Bonchev–Trinajstić information content (AvgIpc) is 2.85. The molecule has 0 unspecified atom stereocenters. The van der Waals surface area contributed by atoms with Crippen LogP contribution in [0.3, 0.4) is 0 Å². The van der Waals surface area contributed by atoms with E-state index >= 15 is 0 Å². The molecule has 0 N–H and O–H groups in total. The van der Waals surface area contributed by atoms with Gasteiger partial charge in [0.15, 0.2) is 0 Å². The summed E-state index contributed by atoms with van der Waals surface area (Å²) in [5.41, 5.74) is 2.46. The quantitative estimate of drug-likeness (QED) is 0.628. The lowest BCUT2D eigenvalue weighted by molar-refractivity contribution is -0.137. The zero-order chi connectivity index (χ0) is 16.6. The third-order valence-corrected chi connectivity index (χ3v) is 3.80. The Balaban J connectivity index is 2.22. The zero-order valence-electron chi connectivity index (χ0n) is 13.0. The topological polar surface area (TPSA) is 17.8 Å². The lowest BCUT2D eigenvalue weighted by Crippen LogP contribution is -2.04. The minimum Gasteiger partial charge on any atom is -0.324 e. The lowest BCUT2D eigenvalue weighted by atomic mass is 10.1. The SMILES string of the molecule is CCCn1c(-c2cccc(C)c2)nc2cc(C(F)(F)F)ccc21. The molecule has 0 saturated carbocycles. The van der Waals surface area contributed by atoms with Gasteiger partial charge in [0.25, 0.3) is 0 Å². The number of fused-ring (bicyclic) bond motifs is 1. The van der Waals surface area contributed by atoms with Gasteiger partial charge in [-0.05, 0) is 37.6 Å². The highest BCUT2D eigenvalue weighted by Gasteiger charge is 2.31. The molecule has 3 rings (SSSR count). The molecule has 2 nitrogen and oxygen atoms in total. The fourth-order valence-corrected chi connectivity index (χ4v) is 2.76. The Morgan fingerprint density at radius 3 is 2.52 bits per heavy atom. The molecule has 0 spiro atoms. The third kappa shape index (κ3) is 2.96. The second kappa shape index (κ2) is 5.72. The molecule has 23 heavy (non-hydrogen) atoms. The first kappa shape index (κ1) is 15.6. The highest BCUT2D eigenvalue weighted by Crippen LogP contribution is 2.33. The van der Waals surface area contributed by atoms with E-state index in [0.29, 0.717) is 17.9 Å². The summed E-state index contributed by atoms with van der Waals surface area (Å²) >= 11 is 0. The molecular weight excluding hydrogens is 301 g/mol. The van der Waals surface area contributed by atoms with Gasteiger partial charge in [0.2, 0.25) is 0 Å². The Morgan fingerprint density at radius 2 is 1.87 bits per heavy atom. The van der Waals surface area contributed by atoms with Crippen molar-refractivity contribution in [2.24, 2.45) is 0 Å². The van der Waals surface area contributed by atoms with Crippen LogP contribution in [0.4, 0.5) is 13.2 Å². The van der Waals surface area contributed by atoms with Crippen LogP contribution in [0.25, 0.3) is 22.4 Å². The van der Waals surface area contributed by atoms with E-state index in [1.165, 1.54) is 6.07 Å². The number of aromatic nitrogens is 2. The summed E-state index contributed by atoms with van der Waals surface area (Å²) in [7, 11) is 0. The van der Waals surface area contributed by atoms with Crippen molar-refractivity contribution >= 4 is 11.0 Å². The van der Waals surface area contributed by atoms with Crippen LogP contribution < -0.4 is 0 Å². The molecule has 1 heterocycles. The maximum Gasteiger partial charge on any atom is 0.416 e. The second-order valence-electron chi connectivity index (χ2n) is 5.66. The standard InChI is InChI=1S/C18H17F3N2/c1-3-9-23-16-8-7-14(18(19,20)21)11-15(16)22-17(23)13-6-4-5-12(2)10-13/h4-8,10-11H,3,9H2,1-2H3. The Morgan fingerprint density at radius 1 is 1.09 bits per heavy atom. The van der Waals surface area contributed by atoms with Gasteiger partial charge in [0.1, 0.15) is 5.82 Å². The highest BCUT2D eigenvalue weighted by atomic mass is 19.4. The summed E-state index contributed by atoms with van der Waals surface area (Å²) in [5.74, 6) is 0.713. The van der Waals surface area contributed by atoms with Crippen LogP contribution >= 0.6 is 0 Å². The summed E-state index contributed by atoms with van der Waals surface area (Å²) in [5, 5.41) is 0. The number of aryl methyl sites for hydroxylation is 2. The van der Waals surface area contributed by atoms with E-state index in [0.717, 1.165) is 35.2 Å². The van der Waals surface area contributed by atoms with Crippen LogP contribution in [0.15, 0.2) is 42.5 Å². The Kier molecular flexibility index (Phi) is 3.88. The van der Waals surface area contributed by atoms with E-state index in [4.69, 9.17) is 0 Å². The maximum absolute atomic E-state index is 12.9. The maximum atomic E-state index is 12.9. The molecule has 5 heteroatoms. The van der Waals surface area contributed by atoms with Crippen molar-refractivity contribution in [2.75, 3.05) is 0 Å². The number of rotatable bonds is 3. The van der Waals surface area contributed by atoms with Crippen molar-refractivity contribution in [3.8, 4) is 11.4 Å². The van der Waals surface area contributed by atoms with Gasteiger partial charge in [0, 0.05) is 12.1 Å². The summed E-state index contributed by atoms with van der Waals surface area (Å²) < 4.78 is 40.7. The number of hydrogen-bond acceptors (Lipinski definition) is 1. The predicted octanol–water partition coefficient (Wildman–Crippen LogP) is 5.44. The first-order chi connectivity index (χ1) is 10.9. The highest BCUT2D eigenvalue weighted by molar-refractivity contribution is 5.81. The van der Waals surface area contributed by atoms with Crippen molar-refractivity contribution in [3.63, 3.8) is 0 Å². The largest absolute Gasteiger partial charge is 0.416 e. The van der Waals surface area contributed by atoms with E-state index in [9.17, 15) is 13.2 Å². The first-order valence-corrected chi connectivity index (χ1v) is 7.54. The molecule has 0 amide bonds. The van der Waals surface area contributed by atoms with Gasteiger partial charge in [-0.25, -0.2) is 4.98 Å². The van der Waals surface area contributed by atoms with Crippen molar-refractivity contribution < 1.29 is 13.2 Å². The number of imidazole rings is 1. The Labute approximate surface area is 132 Å². The van der Waals surface area contributed by atoms with Crippen molar-refractivity contribution in [3.05, 3.63) is 53.6 Å². The normalized spacial score (nSPS) is 12.0. The second-order valence-corrected chi connectivity index (χ2v) is 5.66. The first-order valence-electron chi connectivity index (χ1n) is 7.54. The monoisotopic (exact) mass is 318 g/mol. The van der Waals surface area contributed by atoms with Crippen molar-refractivity contribution in [2.45, 2.75) is 33.0 Å². The Bertz CT molecular complexity index is 847. The van der Waals surface area contributed by atoms with Crippen LogP contribution in [-0.4, -0.2) is 9.55 Å². The Hall–Kier alpha value is -2.30. The zero-order valence-corrected chi connectivity index (χ0v) is 13.0. The molecule has 0 bridgehead atoms. The minimum absolute atomic E-state index is 0.379. The van der Waals surface area contributed by atoms with Crippen molar-refractivity contribution in [1.82, 2.24) is 9.55 Å². The molecular formula is C18H17F3N2. The van der Waals surface area contributed by atoms with Gasteiger partial charge in [-0.1, -0.05) is 30.7 Å². The molecule has 0 fully saturated rings. The van der Waals surface area contributed by atoms with Gasteiger partial charge < -0.3 is 4.57 Å². The van der Waals surface area contributed by atoms with Gasteiger partial charge in [-0.15, -0.1) is 0 Å². The number of benzene rings is 2. The van der Waals surface area contributed by atoms with Crippen LogP contribution in [0.1, 0.15) is 24.5 Å². The molecule has 1 aromatic heterocycles. The van der Waals surface area contributed by atoms with E-state index in [1.54, 1.807) is 0 Å². The number of alkyl halides is 3. The van der Waals surface area contributed by atoms with Crippen LogP contribution in [0, 0.1) is 6.92 Å². The van der Waals surface area contributed by atoms with E-state index in [-0.39, 0.29) is 0 Å². The van der Waals surface area contributed by atoms with E-state index in [1.807, 2.05) is 42.7 Å². The number of nitrogens with zero attached hydrogens (tertiary/aromatic N) is 2. The fraction of sp³-hybridized carbons (Fsp3) is 0.278. The number of hydrogen-bond donors (Lipinski definition) is 0.